The van der Waals surface area contributed by atoms with E-state index in [4.69, 9.17) is 0 Å². The number of carbonyl (C=O) groups excluding carboxylic acids is 2. The average molecular weight is 523 g/mol. The Morgan fingerprint density at radius 3 is 2.20 bits per heavy atom. The van der Waals surface area contributed by atoms with Gasteiger partial charge in [0.15, 0.2) is 0 Å². The van der Waals surface area contributed by atoms with Crippen LogP contribution in [0.3, 0.4) is 0 Å². The molecule has 0 amide bonds. The Balaban J connectivity index is 1.33. The number of hydrogen-bond donors (Lipinski definition) is 0. The summed E-state index contributed by atoms with van der Waals surface area (Å²) in [5, 5.41) is 3.51. The van der Waals surface area contributed by atoms with Crippen molar-refractivity contribution in [2.24, 2.45) is 0 Å². The molecular formula is C23H13N3O2STe. The zero-order chi connectivity index (χ0) is 20.2. The van der Waals surface area contributed by atoms with Gasteiger partial charge in [-0.05, 0) is 0 Å². The van der Waals surface area contributed by atoms with Crippen molar-refractivity contribution in [1.29, 1.82) is 0 Å². The predicted molar refractivity (Wildman–Crippen MR) is 117 cm³/mol. The molecule has 1 aliphatic heterocycles. The Kier molecular flexibility index (Phi) is 4.10. The first-order chi connectivity index (χ1) is 14.7. The van der Waals surface area contributed by atoms with Gasteiger partial charge in [-0.1, -0.05) is 0 Å². The number of nitrogens with zero attached hydrogens (tertiary/aromatic N) is 3. The average Bonchev–Trinajstić information content (AvgIpc) is 3.48. The molecule has 30 heavy (non-hydrogen) atoms. The number of ketones is 2. The summed E-state index contributed by atoms with van der Waals surface area (Å²) in [6, 6.07) is 8.26. The number of thiophene rings is 1. The molecule has 0 aromatic carbocycles. The van der Waals surface area contributed by atoms with Crippen LogP contribution in [0.4, 0.5) is 11.6 Å². The number of anilines is 2. The van der Waals surface area contributed by atoms with Crippen LogP contribution in [-0.2, 0) is 0 Å². The van der Waals surface area contributed by atoms with Crippen LogP contribution in [0, 0.1) is 0 Å². The van der Waals surface area contributed by atoms with Crippen LogP contribution >= 0.6 is 11.3 Å². The van der Waals surface area contributed by atoms with E-state index in [0.29, 0.717) is 17.5 Å². The van der Waals surface area contributed by atoms with Crippen molar-refractivity contribution >= 4 is 62.7 Å². The van der Waals surface area contributed by atoms with E-state index in [1.165, 1.54) is 18.6 Å². The van der Waals surface area contributed by atoms with E-state index >= 15 is 0 Å². The maximum atomic E-state index is 12.6. The first-order valence-electron chi connectivity index (χ1n) is 9.36. The van der Waals surface area contributed by atoms with Crippen LogP contribution in [0.1, 0.15) is 27.1 Å². The summed E-state index contributed by atoms with van der Waals surface area (Å²) in [5.41, 5.74) is 3.30. The van der Waals surface area contributed by atoms with Crippen molar-refractivity contribution in [2.45, 2.75) is 6.42 Å². The Morgan fingerprint density at radius 1 is 0.933 bits per heavy atom. The number of hydrogen-bond acceptors (Lipinski definition) is 6. The van der Waals surface area contributed by atoms with E-state index in [1.54, 1.807) is 16.8 Å². The van der Waals surface area contributed by atoms with E-state index in [-0.39, 0.29) is 17.1 Å². The number of aromatic nitrogens is 2. The second-order valence-electron chi connectivity index (χ2n) is 7.08. The first kappa shape index (κ1) is 18.0. The van der Waals surface area contributed by atoms with Gasteiger partial charge >= 0.3 is 187 Å². The van der Waals surface area contributed by atoms with Gasteiger partial charge in [-0.3, -0.25) is 0 Å². The number of carbonyl (C=O) groups is 2. The van der Waals surface area contributed by atoms with Crippen LogP contribution in [-0.4, -0.2) is 42.5 Å². The van der Waals surface area contributed by atoms with Gasteiger partial charge in [0, 0.05) is 0 Å². The molecule has 3 aromatic rings. The summed E-state index contributed by atoms with van der Waals surface area (Å²) in [7, 11) is 0. The van der Waals surface area contributed by atoms with Gasteiger partial charge in [0.1, 0.15) is 0 Å². The second kappa shape index (κ2) is 6.85. The van der Waals surface area contributed by atoms with Gasteiger partial charge in [0.25, 0.3) is 0 Å². The molecule has 0 saturated carbocycles. The van der Waals surface area contributed by atoms with E-state index in [9.17, 15) is 9.59 Å². The van der Waals surface area contributed by atoms with Crippen molar-refractivity contribution in [1.82, 2.24) is 9.97 Å². The van der Waals surface area contributed by atoms with Crippen molar-refractivity contribution in [2.75, 3.05) is 4.90 Å². The fourth-order valence-corrected chi connectivity index (χ4v) is 7.56. The topological polar surface area (TPSA) is 63.2 Å². The molecule has 3 aliphatic rings. The summed E-state index contributed by atoms with van der Waals surface area (Å²) >= 11 is 0.848. The fourth-order valence-electron chi connectivity index (χ4n) is 3.89. The molecule has 0 fully saturated rings. The molecular weight excluding hydrogens is 510 g/mol. The maximum absolute atomic E-state index is 12.6. The first-order valence-corrected chi connectivity index (χ1v) is 12.6. The summed E-state index contributed by atoms with van der Waals surface area (Å²) in [4.78, 5) is 36.6. The molecule has 0 saturated heterocycles. The van der Waals surface area contributed by atoms with Crippen LogP contribution in [0.25, 0.3) is 0 Å². The monoisotopic (exact) mass is 525 g/mol. The number of allylic oxidation sites excluding steroid dienone is 5. The third kappa shape index (κ3) is 2.67. The molecule has 0 radical (unpaired) electrons. The summed E-state index contributed by atoms with van der Waals surface area (Å²) in [5.74, 6) is 1.53. The van der Waals surface area contributed by atoms with Gasteiger partial charge < -0.3 is 0 Å². The molecule has 144 valence electrons. The molecule has 0 bridgehead atoms. The molecule has 6 rings (SSSR count). The molecule has 0 N–H and O–H groups in total. The van der Waals surface area contributed by atoms with Gasteiger partial charge in [-0.25, -0.2) is 0 Å². The molecule has 7 heteroatoms. The van der Waals surface area contributed by atoms with E-state index in [0.717, 1.165) is 22.9 Å². The van der Waals surface area contributed by atoms with Crippen LogP contribution in [0.5, 0.6) is 0 Å². The zero-order valence-electron chi connectivity index (χ0n) is 15.5. The Morgan fingerprint density at radius 2 is 1.57 bits per heavy atom. The molecule has 0 spiro atoms. The molecule has 0 atom stereocenters. The van der Waals surface area contributed by atoms with Crippen molar-refractivity contribution in [3.8, 4) is 0 Å². The minimum absolute atomic E-state index is 0.173. The van der Waals surface area contributed by atoms with Crippen LogP contribution in [0.15, 0.2) is 82.5 Å². The van der Waals surface area contributed by atoms with Crippen LogP contribution in [0.2, 0.25) is 0 Å². The van der Waals surface area contributed by atoms with Crippen molar-refractivity contribution in [3.05, 3.63) is 93.6 Å². The zero-order valence-corrected chi connectivity index (χ0v) is 18.7. The molecule has 3 aromatic heterocycles. The normalized spacial score (nSPS) is 16.8. The standard InChI is InChI=1S/C23H13N3O2STe/c27-20-15(21(28)17-12-29-11-16(17)20)10-13-5-6-14(9-13)26-22-18(3-1-7-24-22)30-19-4-2-8-25-23(19)26/h1-8,10-12H,9H2. The van der Waals surface area contributed by atoms with E-state index in [1.807, 2.05) is 36.7 Å². The van der Waals surface area contributed by atoms with Gasteiger partial charge in [0.2, 0.25) is 0 Å². The van der Waals surface area contributed by atoms with Crippen LogP contribution < -0.4 is 12.1 Å². The SMILES string of the molecule is O=C1C(=CC2=CC=C(N3c4ncccc4[Te]c4cccnc43)C2)C(=O)c2cscc21. The fraction of sp³-hybridized carbons (Fsp3) is 0.0435. The third-order valence-electron chi connectivity index (χ3n) is 5.28. The Labute approximate surface area is 186 Å². The Bertz CT molecular complexity index is 1270. The summed E-state index contributed by atoms with van der Waals surface area (Å²) in [6.07, 6.45) is 10.00. The molecule has 2 aliphatic carbocycles. The number of rotatable bonds is 2. The third-order valence-corrected chi connectivity index (χ3v) is 9.10. The van der Waals surface area contributed by atoms with Gasteiger partial charge in [-0.2, -0.15) is 0 Å². The molecule has 4 heterocycles. The Hall–Kier alpha value is -2.85. The van der Waals surface area contributed by atoms with Crippen molar-refractivity contribution < 1.29 is 9.59 Å². The molecule has 5 nitrogen and oxygen atoms in total. The summed E-state index contributed by atoms with van der Waals surface area (Å²) < 4.78 is 2.56. The quantitative estimate of drug-likeness (QED) is 0.294. The second-order valence-corrected chi connectivity index (χ2v) is 10.9. The molecule has 0 unspecified atom stereocenters. The van der Waals surface area contributed by atoms with E-state index in [2.05, 4.69) is 27.0 Å². The number of pyridine rings is 2. The summed E-state index contributed by atoms with van der Waals surface area (Å²) in [6.45, 7) is 0. The van der Waals surface area contributed by atoms with Crippen molar-refractivity contribution in [3.63, 3.8) is 0 Å². The predicted octanol–water partition coefficient (Wildman–Crippen LogP) is 2.86. The van der Waals surface area contributed by atoms with Gasteiger partial charge in [-0.15, -0.1) is 0 Å². The number of Topliss-reactive ketones (excluding diaryl/α,β-unsaturated/α-hetero) is 2. The van der Waals surface area contributed by atoms with Gasteiger partial charge in [0.05, 0.1) is 0 Å². The number of fused-ring (bicyclic) bond motifs is 3. The van der Waals surface area contributed by atoms with E-state index < -0.39 is 20.9 Å². The minimum atomic E-state index is -0.541.